The number of hydrogen-bond donors (Lipinski definition) is 3. The molecule has 0 aliphatic heterocycles. The third kappa shape index (κ3) is 4.29. The van der Waals surface area contributed by atoms with Gasteiger partial charge in [-0.1, -0.05) is 11.8 Å². The summed E-state index contributed by atoms with van der Waals surface area (Å²) in [4.78, 5) is 21.9. The Kier molecular flexibility index (Phi) is 5.51. The highest BCUT2D eigenvalue weighted by molar-refractivity contribution is 8.11. The SMILES string of the molecule is CC(CCSC=O)NC(=O)c1cc(O)ccc1O. The lowest BCUT2D eigenvalue weighted by Gasteiger charge is -2.13. The first-order valence-electron chi connectivity index (χ1n) is 5.42. The quantitative estimate of drug-likeness (QED) is 0.414. The Morgan fingerprint density at radius 2 is 2.22 bits per heavy atom. The van der Waals surface area contributed by atoms with Crippen LogP contribution in [-0.2, 0) is 4.79 Å². The smallest absolute Gasteiger partial charge is 0.255 e. The molecule has 1 aromatic rings. The normalized spacial score (nSPS) is 11.8. The van der Waals surface area contributed by atoms with E-state index in [-0.39, 0.29) is 23.1 Å². The second kappa shape index (κ2) is 6.90. The zero-order valence-electron chi connectivity index (χ0n) is 9.92. The van der Waals surface area contributed by atoms with E-state index in [4.69, 9.17) is 0 Å². The van der Waals surface area contributed by atoms with Crippen molar-refractivity contribution in [1.29, 1.82) is 0 Å². The number of amides is 1. The van der Waals surface area contributed by atoms with Crippen LogP contribution in [0.2, 0.25) is 0 Å². The molecule has 0 aromatic heterocycles. The van der Waals surface area contributed by atoms with Crippen molar-refractivity contribution in [3.05, 3.63) is 23.8 Å². The highest BCUT2D eigenvalue weighted by atomic mass is 32.2. The van der Waals surface area contributed by atoms with Gasteiger partial charge in [0.1, 0.15) is 11.5 Å². The number of phenolic OH excluding ortho intramolecular Hbond substituents is 2. The van der Waals surface area contributed by atoms with E-state index in [1.807, 2.05) is 6.92 Å². The van der Waals surface area contributed by atoms with Gasteiger partial charge in [-0.25, -0.2) is 0 Å². The molecule has 1 rings (SSSR count). The van der Waals surface area contributed by atoms with Gasteiger partial charge in [0.15, 0.2) is 5.62 Å². The fourth-order valence-corrected chi connectivity index (χ4v) is 1.96. The Bertz CT molecular complexity index is 436. The molecule has 0 saturated carbocycles. The molecule has 0 saturated heterocycles. The lowest BCUT2D eigenvalue weighted by Crippen LogP contribution is -2.32. The van der Waals surface area contributed by atoms with Gasteiger partial charge >= 0.3 is 0 Å². The molecule has 1 unspecified atom stereocenters. The molecule has 0 fully saturated rings. The lowest BCUT2D eigenvalue weighted by atomic mass is 10.1. The van der Waals surface area contributed by atoms with Crippen molar-refractivity contribution in [3.63, 3.8) is 0 Å². The summed E-state index contributed by atoms with van der Waals surface area (Å²) in [5, 5.41) is 21.5. The van der Waals surface area contributed by atoms with Crippen molar-refractivity contribution in [2.75, 3.05) is 5.75 Å². The van der Waals surface area contributed by atoms with Crippen LogP contribution in [0.5, 0.6) is 11.5 Å². The van der Waals surface area contributed by atoms with E-state index in [0.29, 0.717) is 12.2 Å². The van der Waals surface area contributed by atoms with Gasteiger partial charge in [0.25, 0.3) is 5.91 Å². The summed E-state index contributed by atoms with van der Waals surface area (Å²) >= 11 is 1.14. The average molecular weight is 269 g/mol. The van der Waals surface area contributed by atoms with Crippen LogP contribution in [0.4, 0.5) is 0 Å². The maximum atomic E-state index is 11.8. The van der Waals surface area contributed by atoms with Crippen molar-refractivity contribution in [2.24, 2.45) is 0 Å². The van der Waals surface area contributed by atoms with Gasteiger partial charge in [-0.2, -0.15) is 0 Å². The fourth-order valence-electron chi connectivity index (χ4n) is 1.37. The van der Waals surface area contributed by atoms with Crippen LogP contribution in [0.25, 0.3) is 0 Å². The van der Waals surface area contributed by atoms with Crippen molar-refractivity contribution in [2.45, 2.75) is 19.4 Å². The third-order valence-electron chi connectivity index (χ3n) is 2.34. The number of aromatic hydroxyl groups is 2. The largest absolute Gasteiger partial charge is 0.508 e. The summed E-state index contributed by atoms with van der Waals surface area (Å²) < 4.78 is 0. The number of carbonyl (C=O) groups is 2. The molecule has 6 heteroatoms. The Morgan fingerprint density at radius 1 is 1.50 bits per heavy atom. The van der Waals surface area contributed by atoms with E-state index in [9.17, 15) is 19.8 Å². The molecule has 0 bridgehead atoms. The molecular weight excluding hydrogens is 254 g/mol. The zero-order valence-corrected chi connectivity index (χ0v) is 10.7. The molecule has 3 N–H and O–H groups in total. The number of carbonyl (C=O) groups excluding carboxylic acids is 2. The fraction of sp³-hybridized carbons (Fsp3) is 0.333. The molecule has 0 spiro atoms. The van der Waals surface area contributed by atoms with Gasteiger partial charge in [-0.05, 0) is 31.5 Å². The van der Waals surface area contributed by atoms with E-state index in [2.05, 4.69) is 5.32 Å². The average Bonchev–Trinajstić information content (AvgIpc) is 2.32. The van der Waals surface area contributed by atoms with Gasteiger partial charge < -0.3 is 15.5 Å². The number of rotatable bonds is 6. The number of hydrogen-bond acceptors (Lipinski definition) is 5. The minimum atomic E-state index is -0.452. The second-order valence-corrected chi connectivity index (χ2v) is 4.77. The van der Waals surface area contributed by atoms with E-state index in [0.717, 1.165) is 17.4 Å². The monoisotopic (exact) mass is 269 g/mol. The Labute approximate surface area is 109 Å². The molecule has 18 heavy (non-hydrogen) atoms. The lowest BCUT2D eigenvalue weighted by molar-refractivity contribution is 0.0936. The van der Waals surface area contributed by atoms with Crippen LogP contribution in [0.3, 0.4) is 0 Å². The Balaban J connectivity index is 2.59. The molecule has 98 valence electrons. The van der Waals surface area contributed by atoms with Crippen LogP contribution < -0.4 is 5.32 Å². The van der Waals surface area contributed by atoms with Gasteiger partial charge in [0.2, 0.25) is 0 Å². The molecular formula is C12H15NO4S. The van der Waals surface area contributed by atoms with Crippen LogP contribution in [0, 0.1) is 0 Å². The highest BCUT2D eigenvalue weighted by Gasteiger charge is 2.14. The number of benzene rings is 1. The first-order chi connectivity index (χ1) is 8.54. The standard InChI is InChI=1S/C12H15NO4S/c1-8(4-5-18-7-14)13-12(17)10-6-9(15)2-3-11(10)16/h2-3,6-8,15-16H,4-5H2,1H3,(H,13,17). The number of phenols is 2. The third-order valence-corrected chi connectivity index (χ3v) is 2.95. The molecule has 0 radical (unpaired) electrons. The minimum Gasteiger partial charge on any atom is -0.508 e. The molecule has 0 aliphatic rings. The predicted molar refractivity (Wildman–Crippen MR) is 70.5 cm³/mol. The summed E-state index contributed by atoms with van der Waals surface area (Å²) in [5.74, 6) is -0.0920. The van der Waals surface area contributed by atoms with Crippen LogP contribution in [0.1, 0.15) is 23.7 Å². The van der Waals surface area contributed by atoms with Gasteiger partial charge in [0, 0.05) is 11.8 Å². The summed E-state index contributed by atoms with van der Waals surface area (Å²) in [6.45, 7) is 1.81. The van der Waals surface area contributed by atoms with Gasteiger partial charge in [-0.15, -0.1) is 0 Å². The molecule has 5 nitrogen and oxygen atoms in total. The maximum Gasteiger partial charge on any atom is 0.255 e. The van der Waals surface area contributed by atoms with E-state index < -0.39 is 5.91 Å². The molecule has 1 atom stereocenters. The molecule has 1 aromatic carbocycles. The van der Waals surface area contributed by atoms with Crippen LogP contribution in [0.15, 0.2) is 18.2 Å². The predicted octanol–water partition coefficient (Wildman–Crippen LogP) is 1.53. The highest BCUT2D eigenvalue weighted by Crippen LogP contribution is 2.22. The molecule has 0 heterocycles. The summed E-state index contributed by atoms with van der Waals surface area (Å²) in [7, 11) is 0. The first kappa shape index (κ1) is 14.4. The second-order valence-electron chi connectivity index (χ2n) is 3.83. The molecule has 1 amide bonds. The van der Waals surface area contributed by atoms with Crippen molar-refractivity contribution in [1.82, 2.24) is 5.32 Å². The minimum absolute atomic E-state index is 0.0323. The Hall–Kier alpha value is -1.69. The van der Waals surface area contributed by atoms with Crippen LogP contribution in [-0.4, -0.2) is 33.5 Å². The van der Waals surface area contributed by atoms with Crippen molar-refractivity contribution in [3.8, 4) is 11.5 Å². The first-order valence-corrected chi connectivity index (χ1v) is 6.47. The summed E-state index contributed by atoms with van der Waals surface area (Å²) in [6, 6.07) is 3.65. The van der Waals surface area contributed by atoms with Crippen LogP contribution >= 0.6 is 11.8 Å². The summed E-state index contributed by atoms with van der Waals surface area (Å²) in [6.07, 6.45) is 0.648. The van der Waals surface area contributed by atoms with Gasteiger partial charge in [-0.3, -0.25) is 9.59 Å². The van der Waals surface area contributed by atoms with E-state index >= 15 is 0 Å². The number of nitrogens with one attached hydrogen (secondary N) is 1. The van der Waals surface area contributed by atoms with Gasteiger partial charge in [0.05, 0.1) is 5.56 Å². The van der Waals surface area contributed by atoms with Crippen molar-refractivity contribution >= 4 is 23.3 Å². The van der Waals surface area contributed by atoms with E-state index in [1.165, 1.54) is 18.2 Å². The molecule has 0 aliphatic carbocycles. The maximum absolute atomic E-state index is 11.8. The Morgan fingerprint density at radius 3 is 2.89 bits per heavy atom. The summed E-state index contributed by atoms with van der Waals surface area (Å²) in [5.41, 5.74) is 0.792. The topological polar surface area (TPSA) is 86.6 Å². The zero-order chi connectivity index (χ0) is 13.5. The van der Waals surface area contributed by atoms with E-state index in [1.54, 1.807) is 0 Å². The van der Waals surface area contributed by atoms with Crippen molar-refractivity contribution < 1.29 is 19.8 Å². The number of thioether (sulfide) groups is 1.